The van der Waals surface area contributed by atoms with Crippen molar-refractivity contribution < 1.29 is 33.6 Å². The number of epoxide rings is 1. The van der Waals surface area contributed by atoms with Crippen LogP contribution in [0.15, 0.2) is 12.2 Å². The zero-order valence-corrected chi connectivity index (χ0v) is 17.1. The molecule has 7 heteroatoms. The molecule has 2 saturated heterocycles. The third-order valence-electron chi connectivity index (χ3n) is 7.77. The number of esters is 2. The van der Waals surface area contributed by atoms with E-state index in [1.165, 1.54) is 0 Å². The standard InChI is InChI=1S/C21H30O7/c1-9-7-8-13(25-6)11(3)21(24)15(9)16-14(10(2)18(22)26-16)17(21)27-19(23)20(5)12(4)28-20/h10-17,24H,1,7-8H2,2-6H3. The molecule has 1 N–H and O–H groups in total. The molecule has 4 rings (SSSR count). The van der Waals surface area contributed by atoms with Crippen molar-refractivity contribution in [2.24, 2.45) is 23.7 Å². The van der Waals surface area contributed by atoms with Crippen LogP contribution in [0.5, 0.6) is 0 Å². The molecule has 0 spiro atoms. The molecule has 0 aromatic carbocycles. The van der Waals surface area contributed by atoms with E-state index in [0.717, 1.165) is 5.57 Å². The van der Waals surface area contributed by atoms with E-state index in [9.17, 15) is 14.7 Å². The van der Waals surface area contributed by atoms with Gasteiger partial charge < -0.3 is 24.1 Å². The zero-order chi connectivity index (χ0) is 20.6. The maximum atomic E-state index is 12.9. The highest BCUT2D eigenvalue weighted by Gasteiger charge is 2.72. The maximum Gasteiger partial charge on any atom is 0.341 e. The molecule has 10 atom stereocenters. The lowest BCUT2D eigenvalue weighted by atomic mass is 9.74. The number of ether oxygens (including phenoxy) is 4. The molecule has 7 nitrogen and oxygen atoms in total. The topological polar surface area (TPSA) is 94.6 Å². The van der Waals surface area contributed by atoms with Gasteiger partial charge in [-0.15, -0.1) is 0 Å². The molecule has 4 aliphatic rings. The van der Waals surface area contributed by atoms with Gasteiger partial charge in [0, 0.05) is 18.9 Å². The first-order valence-corrected chi connectivity index (χ1v) is 10.1. The minimum atomic E-state index is -1.43. The highest BCUT2D eigenvalue weighted by Crippen LogP contribution is 2.58. The van der Waals surface area contributed by atoms with Crippen molar-refractivity contribution in [1.82, 2.24) is 0 Å². The van der Waals surface area contributed by atoms with Gasteiger partial charge in [0.05, 0.1) is 24.0 Å². The maximum absolute atomic E-state index is 12.9. The summed E-state index contributed by atoms with van der Waals surface area (Å²) in [6.07, 6.45) is -0.550. The highest BCUT2D eigenvalue weighted by atomic mass is 16.7. The van der Waals surface area contributed by atoms with Crippen molar-refractivity contribution in [3.8, 4) is 0 Å². The van der Waals surface area contributed by atoms with Gasteiger partial charge in [-0.3, -0.25) is 4.79 Å². The van der Waals surface area contributed by atoms with Crippen molar-refractivity contribution in [3.05, 3.63) is 12.2 Å². The van der Waals surface area contributed by atoms with Crippen LogP contribution in [-0.4, -0.2) is 59.8 Å². The smallest absolute Gasteiger partial charge is 0.341 e. The molecule has 2 heterocycles. The van der Waals surface area contributed by atoms with Crippen LogP contribution in [0.25, 0.3) is 0 Å². The van der Waals surface area contributed by atoms with Gasteiger partial charge in [0.25, 0.3) is 0 Å². The van der Waals surface area contributed by atoms with Crippen molar-refractivity contribution >= 4 is 11.9 Å². The van der Waals surface area contributed by atoms with Crippen molar-refractivity contribution in [2.45, 2.75) is 76.2 Å². The van der Waals surface area contributed by atoms with E-state index in [0.29, 0.717) is 12.8 Å². The van der Waals surface area contributed by atoms with Crippen LogP contribution in [0.2, 0.25) is 0 Å². The molecular formula is C21H30O7. The molecule has 4 fully saturated rings. The molecule has 0 radical (unpaired) electrons. The van der Waals surface area contributed by atoms with E-state index in [4.69, 9.17) is 18.9 Å². The van der Waals surface area contributed by atoms with Crippen molar-refractivity contribution in [2.75, 3.05) is 7.11 Å². The molecule has 2 saturated carbocycles. The van der Waals surface area contributed by atoms with E-state index < -0.39 is 47.1 Å². The average Bonchev–Trinajstić information content (AvgIpc) is 3.09. The second kappa shape index (κ2) is 6.28. The van der Waals surface area contributed by atoms with Gasteiger partial charge in [0.15, 0.2) is 5.60 Å². The predicted octanol–water partition coefficient (Wildman–Crippen LogP) is 1.62. The summed E-state index contributed by atoms with van der Waals surface area (Å²) < 4.78 is 22.7. The molecule has 156 valence electrons. The largest absolute Gasteiger partial charge is 0.461 e. The number of hydrogen-bond donors (Lipinski definition) is 1. The third kappa shape index (κ3) is 2.45. The lowest BCUT2D eigenvalue weighted by Crippen LogP contribution is -2.56. The Bertz CT molecular complexity index is 720. The molecule has 2 aliphatic heterocycles. The summed E-state index contributed by atoms with van der Waals surface area (Å²) >= 11 is 0. The Kier molecular flexibility index (Phi) is 4.45. The second-order valence-electron chi connectivity index (χ2n) is 9.09. The van der Waals surface area contributed by atoms with Gasteiger partial charge in [0.1, 0.15) is 17.8 Å². The van der Waals surface area contributed by atoms with E-state index >= 15 is 0 Å². The fourth-order valence-corrected chi connectivity index (χ4v) is 5.64. The monoisotopic (exact) mass is 394 g/mol. The van der Waals surface area contributed by atoms with Crippen molar-refractivity contribution in [3.63, 3.8) is 0 Å². The Morgan fingerprint density at radius 3 is 2.54 bits per heavy atom. The van der Waals surface area contributed by atoms with Gasteiger partial charge >= 0.3 is 11.9 Å². The molecule has 0 amide bonds. The summed E-state index contributed by atoms with van der Waals surface area (Å²) in [4.78, 5) is 25.2. The number of carbonyl (C=O) groups excluding carboxylic acids is 2. The number of methoxy groups -OCH3 is 1. The lowest BCUT2D eigenvalue weighted by molar-refractivity contribution is -0.192. The fourth-order valence-electron chi connectivity index (χ4n) is 5.64. The first kappa shape index (κ1) is 19.9. The number of carbonyl (C=O) groups is 2. The summed E-state index contributed by atoms with van der Waals surface area (Å²) in [5, 5.41) is 12.1. The second-order valence-corrected chi connectivity index (χ2v) is 9.09. The Morgan fingerprint density at radius 2 is 1.96 bits per heavy atom. The van der Waals surface area contributed by atoms with Crippen LogP contribution in [0.4, 0.5) is 0 Å². The first-order chi connectivity index (χ1) is 13.1. The van der Waals surface area contributed by atoms with E-state index in [2.05, 4.69) is 6.58 Å². The Labute approximate surface area is 165 Å². The van der Waals surface area contributed by atoms with Crippen LogP contribution in [0, 0.1) is 23.7 Å². The summed E-state index contributed by atoms with van der Waals surface area (Å²) in [5.41, 5.74) is -1.63. The molecular weight excluding hydrogens is 364 g/mol. The van der Waals surface area contributed by atoms with Gasteiger partial charge in [0.2, 0.25) is 0 Å². The Hall–Kier alpha value is -1.44. The predicted molar refractivity (Wildman–Crippen MR) is 98.1 cm³/mol. The van der Waals surface area contributed by atoms with E-state index in [1.54, 1.807) is 27.9 Å². The zero-order valence-electron chi connectivity index (χ0n) is 17.1. The van der Waals surface area contributed by atoms with Gasteiger partial charge in [-0.05, 0) is 26.7 Å². The summed E-state index contributed by atoms with van der Waals surface area (Å²) in [6, 6.07) is 0. The quantitative estimate of drug-likeness (QED) is 0.441. The summed E-state index contributed by atoms with van der Waals surface area (Å²) in [6.45, 7) is 11.4. The van der Waals surface area contributed by atoms with Gasteiger partial charge in [-0.2, -0.15) is 0 Å². The lowest BCUT2D eigenvalue weighted by Gasteiger charge is -2.42. The number of rotatable bonds is 3. The number of fused-ring (bicyclic) bond motifs is 3. The normalized spacial score (nSPS) is 52.5. The minimum Gasteiger partial charge on any atom is -0.461 e. The SMILES string of the molecule is C=C1CCC(OC)C(C)C2(O)C(OC(=O)C3(C)OC3C)C3C(C)C(=O)OC3C12. The fraction of sp³-hybridized carbons (Fsp3) is 0.810. The molecule has 10 unspecified atom stereocenters. The highest BCUT2D eigenvalue weighted by molar-refractivity contribution is 5.83. The van der Waals surface area contributed by atoms with Crippen LogP contribution in [0.1, 0.15) is 40.5 Å². The van der Waals surface area contributed by atoms with Crippen LogP contribution >= 0.6 is 0 Å². The third-order valence-corrected chi connectivity index (χ3v) is 7.77. The molecule has 2 aliphatic carbocycles. The van der Waals surface area contributed by atoms with Crippen LogP contribution in [-0.2, 0) is 28.5 Å². The molecule has 28 heavy (non-hydrogen) atoms. The molecule has 0 aromatic heterocycles. The van der Waals surface area contributed by atoms with E-state index in [-0.39, 0.29) is 24.1 Å². The number of hydrogen-bond acceptors (Lipinski definition) is 7. The summed E-state index contributed by atoms with van der Waals surface area (Å²) in [7, 11) is 1.62. The van der Waals surface area contributed by atoms with Crippen LogP contribution in [0.3, 0.4) is 0 Å². The number of aliphatic hydroxyl groups is 1. The van der Waals surface area contributed by atoms with E-state index in [1.807, 2.05) is 6.92 Å². The summed E-state index contributed by atoms with van der Waals surface area (Å²) in [5.74, 6) is -2.58. The Morgan fingerprint density at radius 1 is 1.32 bits per heavy atom. The Balaban J connectivity index is 1.77. The average molecular weight is 394 g/mol. The molecule has 0 aromatic rings. The van der Waals surface area contributed by atoms with Crippen molar-refractivity contribution in [1.29, 1.82) is 0 Å². The molecule has 0 bridgehead atoms. The van der Waals surface area contributed by atoms with Gasteiger partial charge in [-0.25, -0.2) is 4.79 Å². The minimum absolute atomic E-state index is 0.218. The van der Waals surface area contributed by atoms with Crippen LogP contribution < -0.4 is 0 Å². The first-order valence-electron chi connectivity index (χ1n) is 10.1. The van der Waals surface area contributed by atoms with Gasteiger partial charge in [-0.1, -0.05) is 26.0 Å².